The average molecular weight is 449 g/mol. The van der Waals surface area contributed by atoms with Crippen LogP contribution in [0.3, 0.4) is 0 Å². The lowest BCUT2D eigenvalue weighted by Gasteiger charge is -2.26. The second-order valence-electron chi connectivity index (χ2n) is 8.39. The molecule has 0 bridgehead atoms. The van der Waals surface area contributed by atoms with Crippen LogP contribution >= 0.6 is 0 Å². The van der Waals surface area contributed by atoms with Crippen LogP contribution in [0.5, 0.6) is 5.75 Å². The third kappa shape index (κ3) is 5.61. The summed E-state index contributed by atoms with van der Waals surface area (Å²) >= 11 is 0. The molecule has 0 spiro atoms. The molecule has 0 saturated carbocycles. The summed E-state index contributed by atoms with van der Waals surface area (Å²) in [5.41, 5.74) is 5.51. The molecular formula is C26H32N4O3. The summed E-state index contributed by atoms with van der Waals surface area (Å²) in [6, 6.07) is 15.7. The normalized spacial score (nSPS) is 14.3. The van der Waals surface area contributed by atoms with Crippen molar-refractivity contribution < 1.29 is 14.3 Å². The van der Waals surface area contributed by atoms with Gasteiger partial charge in [0.2, 0.25) is 0 Å². The van der Waals surface area contributed by atoms with Gasteiger partial charge in [0.05, 0.1) is 31.7 Å². The number of nitrogens with zero attached hydrogens (tertiary/aromatic N) is 3. The monoisotopic (exact) mass is 448 g/mol. The van der Waals surface area contributed by atoms with E-state index < -0.39 is 0 Å². The molecule has 1 fully saturated rings. The minimum Gasteiger partial charge on any atom is -0.497 e. The maximum atomic E-state index is 13.1. The number of rotatable bonds is 8. The Balaban J connectivity index is 1.54. The van der Waals surface area contributed by atoms with Crippen LogP contribution in [0.15, 0.2) is 48.5 Å². The van der Waals surface area contributed by atoms with Crippen molar-refractivity contribution in [2.75, 3.05) is 46.5 Å². The van der Waals surface area contributed by atoms with Crippen molar-refractivity contribution in [2.24, 2.45) is 0 Å². The van der Waals surface area contributed by atoms with E-state index in [1.54, 1.807) is 11.8 Å². The summed E-state index contributed by atoms with van der Waals surface area (Å²) in [4.78, 5) is 15.5. The molecule has 1 saturated heterocycles. The zero-order valence-electron chi connectivity index (χ0n) is 19.6. The number of nitrogens with one attached hydrogen (secondary N) is 1. The Morgan fingerprint density at radius 1 is 1.06 bits per heavy atom. The van der Waals surface area contributed by atoms with Crippen LogP contribution in [0.25, 0.3) is 16.9 Å². The van der Waals surface area contributed by atoms with E-state index in [1.165, 1.54) is 11.1 Å². The molecule has 7 nitrogen and oxygen atoms in total. The molecule has 1 aliphatic heterocycles. The number of carbonyl (C=O) groups is 1. The number of morpholine rings is 1. The molecule has 174 valence electrons. The molecule has 1 amide bonds. The fourth-order valence-electron chi connectivity index (χ4n) is 3.92. The van der Waals surface area contributed by atoms with Gasteiger partial charge in [0.15, 0.2) is 0 Å². The van der Waals surface area contributed by atoms with E-state index in [2.05, 4.69) is 36.2 Å². The molecule has 7 heteroatoms. The SMILES string of the molecule is COc1ccc(-n2nc(-c3ccc(C)c(C)c3)cc2C(=O)NCCCN2CCOCC2)cc1. The van der Waals surface area contributed by atoms with Gasteiger partial charge in [-0.2, -0.15) is 5.10 Å². The molecule has 1 N–H and O–H groups in total. The fraction of sp³-hybridized carbons (Fsp3) is 0.385. The summed E-state index contributed by atoms with van der Waals surface area (Å²) in [6.45, 7) is 9.23. The number of methoxy groups -OCH3 is 1. The predicted octanol–water partition coefficient (Wildman–Crippen LogP) is 3.62. The second kappa shape index (κ2) is 10.6. The lowest BCUT2D eigenvalue weighted by Crippen LogP contribution is -2.38. The minimum atomic E-state index is -0.129. The first kappa shape index (κ1) is 23.0. The summed E-state index contributed by atoms with van der Waals surface area (Å²) < 4.78 is 12.4. The van der Waals surface area contributed by atoms with Crippen molar-refractivity contribution in [3.63, 3.8) is 0 Å². The highest BCUT2D eigenvalue weighted by Gasteiger charge is 2.18. The highest BCUT2D eigenvalue weighted by molar-refractivity contribution is 5.94. The van der Waals surface area contributed by atoms with Gasteiger partial charge in [-0.3, -0.25) is 9.69 Å². The van der Waals surface area contributed by atoms with Crippen LogP contribution in [0.4, 0.5) is 0 Å². The van der Waals surface area contributed by atoms with Crippen molar-refractivity contribution in [3.05, 3.63) is 65.4 Å². The summed E-state index contributed by atoms with van der Waals surface area (Å²) in [5, 5.41) is 7.87. The molecule has 33 heavy (non-hydrogen) atoms. The molecule has 0 aliphatic carbocycles. The highest BCUT2D eigenvalue weighted by Crippen LogP contribution is 2.25. The maximum Gasteiger partial charge on any atom is 0.270 e. The number of hydrogen-bond donors (Lipinski definition) is 1. The molecule has 1 aliphatic rings. The number of aryl methyl sites for hydroxylation is 2. The van der Waals surface area contributed by atoms with E-state index in [-0.39, 0.29) is 5.91 Å². The smallest absolute Gasteiger partial charge is 0.270 e. The average Bonchev–Trinajstić information content (AvgIpc) is 3.30. The van der Waals surface area contributed by atoms with E-state index in [9.17, 15) is 4.79 Å². The Morgan fingerprint density at radius 3 is 2.52 bits per heavy atom. The topological polar surface area (TPSA) is 68.6 Å². The zero-order valence-corrected chi connectivity index (χ0v) is 19.6. The van der Waals surface area contributed by atoms with E-state index in [0.717, 1.165) is 62.0 Å². The van der Waals surface area contributed by atoms with Crippen molar-refractivity contribution >= 4 is 5.91 Å². The number of hydrogen-bond acceptors (Lipinski definition) is 5. The molecule has 3 aromatic rings. The van der Waals surface area contributed by atoms with E-state index in [1.807, 2.05) is 36.4 Å². The highest BCUT2D eigenvalue weighted by atomic mass is 16.5. The Bertz CT molecular complexity index is 1090. The summed E-state index contributed by atoms with van der Waals surface area (Å²) in [5.74, 6) is 0.629. The molecule has 2 heterocycles. The van der Waals surface area contributed by atoms with Gasteiger partial charge < -0.3 is 14.8 Å². The minimum absolute atomic E-state index is 0.129. The summed E-state index contributed by atoms with van der Waals surface area (Å²) in [7, 11) is 1.64. The van der Waals surface area contributed by atoms with E-state index in [0.29, 0.717) is 12.2 Å². The number of aromatic nitrogens is 2. The first-order valence-corrected chi connectivity index (χ1v) is 11.5. The van der Waals surface area contributed by atoms with Crippen LogP contribution in [0.1, 0.15) is 28.0 Å². The van der Waals surface area contributed by atoms with Gasteiger partial charge in [0.25, 0.3) is 5.91 Å². The van der Waals surface area contributed by atoms with Crippen LogP contribution < -0.4 is 10.1 Å². The maximum absolute atomic E-state index is 13.1. The van der Waals surface area contributed by atoms with Gasteiger partial charge in [0.1, 0.15) is 11.4 Å². The molecule has 4 rings (SSSR count). The Kier molecular flexibility index (Phi) is 7.42. The Labute approximate surface area is 195 Å². The van der Waals surface area contributed by atoms with Crippen molar-refractivity contribution in [2.45, 2.75) is 20.3 Å². The zero-order chi connectivity index (χ0) is 23.2. The number of carbonyl (C=O) groups excluding carboxylic acids is 1. The first-order chi connectivity index (χ1) is 16.0. The van der Waals surface area contributed by atoms with Gasteiger partial charge in [-0.15, -0.1) is 0 Å². The number of amides is 1. The van der Waals surface area contributed by atoms with Gasteiger partial charge in [0, 0.05) is 25.2 Å². The predicted molar refractivity (Wildman–Crippen MR) is 129 cm³/mol. The Hall–Kier alpha value is -3.16. The van der Waals surface area contributed by atoms with Crippen molar-refractivity contribution in [1.82, 2.24) is 20.0 Å². The largest absolute Gasteiger partial charge is 0.497 e. The van der Waals surface area contributed by atoms with Gasteiger partial charge in [-0.1, -0.05) is 12.1 Å². The van der Waals surface area contributed by atoms with Crippen LogP contribution in [-0.2, 0) is 4.74 Å². The van der Waals surface area contributed by atoms with E-state index in [4.69, 9.17) is 14.6 Å². The first-order valence-electron chi connectivity index (χ1n) is 11.5. The lowest BCUT2D eigenvalue weighted by molar-refractivity contribution is 0.0374. The van der Waals surface area contributed by atoms with Gasteiger partial charge >= 0.3 is 0 Å². The molecule has 0 radical (unpaired) electrons. The van der Waals surface area contributed by atoms with E-state index >= 15 is 0 Å². The van der Waals surface area contributed by atoms with Crippen molar-refractivity contribution in [1.29, 1.82) is 0 Å². The second-order valence-corrected chi connectivity index (χ2v) is 8.39. The quantitative estimate of drug-likeness (QED) is 0.533. The van der Waals surface area contributed by atoms with Gasteiger partial charge in [-0.05, 0) is 74.3 Å². The van der Waals surface area contributed by atoms with Crippen LogP contribution in [0.2, 0.25) is 0 Å². The third-order valence-electron chi connectivity index (χ3n) is 6.10. The van der Waals surface area contributed by atoms with Crippen molar-refractivity contribution in [3.8, 4) is 22.7 Å². The fourth-order valence-corrected chi connectivity index (χ4v) is 3.92. The van der Waals surface area contributed by atoms with Crippen LogP contribution in [-0.4, -0.2) is 67.1 Å². The molecule has 0 atom stereocenters. The van der Waals surface area contributed by atoms with Crippen LogP contribution in [0, 0.1) is 13.8 Å². The number of ether oxygens (including phenoxy) is 2. The van der Waals surface area contributed by atoms with Gasteiger partial charge in [-0.25, -0.2) is 4.68 Å². The lowest BCUT2D eigenvalue weighted by atomic mass is 10.0. The summed E-state index contributed by atoms with van der Waals surface area (Å²) in [6.07, 6.45) is 0.895. The Morgan fingerprint density at radius 2 is 1.82 bits per heavy atom. The molecular weight excluding hydrogens is 416 g/mol. The molecule has 0 unspecified atom stereocenters. The third-order valence-corrected chi connectivity index (χ3v) is 6.10. The molecule has 2 aromatic carbocycles. The molecule has 1 aromatic heterocycles. The number of benzene rings is 2. The standard InChI is InChI=1S/C26H32N4O3/c1-19-5-6-21(17-20(19)2)24-18-25(30(28-24)22-7-9-23(32-3)10-8-22)26(31)27-11-4-12-29-13-15-33-16-14-29/h5-10,17-18H,4,11-16H2,1-3H3,(H,27,31).